The molecule has 0 aromatic rings. The van der Waals surface area contributed by atoms with Crippen molar-refractivity contribution in [1.29, 1.82) is 0 Å². The predicted molar refractivity (Wildman–Crippen MR) is 50.5 cm³/mol. The van der Waals surface area contributed by atoms with E-state index in [4.69, 9.17) is 9.42 Å². The molecule has 0 aliphatic heterocycles. The van der Waals surface area contributed by atoms with Gasteiger partial charge in [-0.2, -0.15) is 0 Å². The molecule has 0 saturated heterocycles. The first-order valence-electron chi connectivity index (χ1n) is 4.56. The molecule has 2 atom stereocenters. The maximum absolute atomic E-state index is 10.3. The third kappa shape index (κ3) is 12.6. The molecule has 5 heteroatoms. The van der Waals surface area contributed by atoms with Gasteiger partial charge in [-0.1, -0.05) is 32.6 Å². The minimum Gasteiger partial charge on any atom is -0.326 e. The minimum atomic E-state index is -2.73. The van der Waals surface area contributed by atoms with Crippen LogP contribution >= 0.6 is 8.25 Å². The molecule has 13 heavy (non-hydrogen) atoms. The van der Waals surface area contributed by atoms with Crippen LogP contribution in [0, 0.1) is 0 Å². The first kappa shape index (κ1) is 16.1. The Bertz CT molecular complexity index is 133. The Morgan fingerprint density at radius 3 is 2.46 bits per heavy atom. The third-order valence-corrected chi connectivity index (χ3v) is 2.37. The summed E-state index contributed by atoms with van der Waals surface area (Å²) in [6.45, 7) is 4.00. The van der Waals surface area contributed by atoms with E-state index in [9.17, 15) is 4.57 Å². The Morgan fingerprint density at radius 1 is 1.38 bits per heavy atom. The molecule has 3 nitrogen and oxygen atoms in total. The van der Waals surface area contributed by atoms with Gasteiger partial charge in [0.25, 0.3) is 0 Å². The summed E-state index contributed by atoms with van der Waals surface area (Å²) in [5.41, 5.74) is 0. The summed E-state index contributed by atoms with van der Waals surface area (Å²) < 4.78 is 15.0. The maximum atomic E-state index is 10.3. The number of hydrogen-bond acceptors (Lipinski definition) is 2. The Labute approximate surface area is 91.1 Å². The van der Waals surface area contributed by atoms with Gasteiger partial charge in [0.1, 0.15) is 0 Å². The van der Waals surface area contributed by atoms with Crippen LogP contribution in [0.4, 0.5) is 0 Å². The first-order valence-corrected chi connectivity index (χ1v) is 5.82. The Balaban J connectivity index is 0. The van der Waals surface area contributed by atoms with Gasteiger partial charge in [-0.3, -0.25) is 4.57 Å². The van der Waals surface area contributed by atoms with Gasteiger partial charge in [-0.05, 0) is 13.3 Å². The van der Waals surface area contributed by atoms with Crippen molar-refractivity contribution in [3.8, 4) is 0 Å². The van der Waals surface area contributed by atoms with Gasteiger partial charge in [-0.25, -0.2) is 0 Å². The van der Waals surface area contributed by atoms with Gasteiger partial charge in [0.15, 0.2) is 0 Å². The molecule has 0 aromatic heterocycles. The summed E-state index contributed by atoms with van der Waals surface area (Å²) in [4.78, 5) is 8.45. The zero-order chi connectivity index (χ0) is 9.40. The Morgan fingerprint density at radius 2 is 2.00 bits per heavy atom. The first-order chi connectivity index (χ1) is 5.66. The van der Waals surface area contributed by atoms with Crippen molar-refractivity contribution in [2.75, 3.05) is 0 Å². The number of unbranched alkanes of at least 4 members (excludes halogenated alkanes) is 3. The van der Waals surface area contributed by atoms with Gasteiger partial charge >= 0.3 is 8.25 Å². The maximum Gasteiger partial charge on any atom is 0.316 e. The van der Waals surface area contributed by atoms with Crippen molar-refractivity contribution < 1.29 is 30.5 Å². The van der Waals surface area contributed by atoms with E-state index in [1.807, 2.05) is 6.92 Å². The Hall–Kier alpha value is 0.644. The summed E-state index contributed by atoms with van der Waals surface area (Å²) >= 11 is 0. The molecule has 2 unspecified atom stereocenters. The normalized spacial score (nSPS) is 14.7. The second-order valence-corrected chi connectivity index (χ2v) is 3.81. The molecule has 0 heterocycles. The van der Waals surface area contributed by atoms with Crippen molar-refractivity contribution in [2.24, 2.45) is 0 Å². The minimum absolute atomic E-state index is 0. The zero-order valence-corrected chi connectivity index (χ0v) is 10.2. The summed E-state index contributed by atoms with van der Waals surface area (Å²) in [6.07, 6.45) is 5.54. The fourth-order valence-electron chi connectivity index (χ4n) is 1.09. The van der Waals surface area contributed by atoms with Crippen molar-refractivity contribution in [3.05, 3.63) is 0 Å². The largest absolute Gasteiger partial charge is 0.326 e. The third-order valence-electron chi connectivity index (χ3n) is 1.77. The van der Waals surface area contributed by atoms with Crippen molar-refractivity contribution >= 4 is 8.25 Å². The van der Waals surface area contributed by atoms with E-state index < -0.39 is 8.25 Å². The molecule has 0 aromatic carbocycles. The molecule has 0 radical (unpaired) electrons. The van der Waals surface area contributed by atoms with Crippen LogP contribution in [0.2, 0.25) is 0 Å². The molecule has 84 valence electrons. The molecule has 0 rings (SSSR count). The van der Waals surface area contributed by atoms with Crippen LogP contribution in [0.1, 0.15) is 46.0 Å². The van der Waals surface area contributed by atoms with Crippen LogP contribution in [0.3, 0.4) is 0 Å². The van der Waals surface area contributed by atoms with Gasteiger partial charge in [-0.15, -0.1) is 0 Å². The quantitative estimate of drug-likeness (QED) is 0.431. The molecule has 0 aliphatic carbocycles. The van der Waals surface area contributed by atoms with Gasteiger partial charge in [0.2, 0.25) is 0 Å². The zero-order valence-electron chi connectivity index (χ0n) is 8.19. The van der Waals surface area contributed by atoms with E-state index in [1.54, 1.807) is 0 Å². The molecule has 1 N–H and O–H groups in total. The number of rotatable bonds is 7. The van der Waals surface area contributed by atoms with Gasteiger partial charge < -0.3 is 9.42 Å². The predicted octanol–water partition coefficient (Wildman–Crippen LogP) is 2.74. The standard InChI is InChI=1S/C8H19O3P.Ni/c1-3-4-5-6-7-8(2)11-12(9)10;/h8,12H,3-7H2,1-2H3,(H,9,10);. The van der Waals surface area contributed by atoms with E-state index in [2.05, 4.69) is 6.92 Å². The van der Waals surface area contributed by atoms with Crippen LogP contribution in [0.25, 0.3) is 0 Å². The van der Waals surface area contributed by atoms with E-state index in [0.29, 0.717) is 0 Å². The van der Waals surface area contributed by atoms with E-state index in [1.165, 1.54) is 19.3 Å². The van der Waals surface area contributed by atoms with Gasteiger partial charge in [0, 0.05) is 16.5 Å². The van der Waals surface area contributed by atoms with Crippen molar-refractivity contribution in [3.63, 3.8) is 0 Å². The van der Waals surface area contributed by atoms with Gasteiger partial charge in [0.05, 0.1) is 6.10 Å². The van der Waals surface area contributed by atoms with E-state index in [-0.39, 0.29) is 22.6 Å². The van der Waals surface area contributed by atoms with Crippen LogP contribution < -0.4 is 0 Å². The van der Waals surface area contributed by atoms with Crippen molar-refractivity contribution in [1.82, 2.24) is 0 Å². The number of hydrogen-bond donors (Lipinski definition) is 1. The average Bonchev–Trinajstić information content (AvgIpc) is 1.97. The molecule has 0 saturated carbocycles. The summed E-state index contributed by atoms with van der Waals surface area (Å²) in [5, 5.41) is 0. The second-order valence-electron chi connectivity index (χ2n) is 3.04. The van der Waals surface area contributed by atoms with Crippen LogP contribution in [0.15, 0.2) is 0 Å². The molecule has 0 aliphatic rings. The van der Waals surface area contributed by atoms with Crippen LogP contribution in [-0.2, 0) is 25.6 Å². The fraction of sp³-hybridized carbons (Fsp3) is 1.00. The second kappa shape index (κ2) is 10.7. The summed E-state index contributed by atoms with van der Waals surface area (Å²) in [7, 11) is -2.73. The summed E-state index contributed by atoms with van der Waals surface area (Å²) in [6, 6.07) is 0. The topological polar surface area (TPSA) is 46.5 Å². The smallest absolute Gasteiger partial charge is 0.316 e. The molecule has 0 bridgehead atoms. The fourth-order valence-corrected chi connectivity index (χ4v) is 1.55. The van der Waals surface area contributed by atoms with Crippen LogP contribution in [-0.4, -0.2) is 11.0 Å². The average molecular weight is 253 g/mol. The molecular weight excluding hydrogens is 234 g/mol. The molecule has 0 spiro atoms. The molecule has 0 amide bonds. The van der Waals surface area contributed by atoms with E-state index >= 15 is 0 Å². The monoisotopic (exact) mass is 252 g/mol. The van der Waals surface area contributed by atoms with Crippen LogP contribution in [0.5, 0.6) is 0 Å². The molecule has 0 fully saturated rings. The van der Waals surface area contributed by atoms with E-state index in [0.717, 1.165) is 12.8 Å². The summed E-state index contributed by atoms with van der Waals surface area (Å²) in [5.74, 6) is 0. The Kier molecular flexibility index (Phi) is 13.3. The SMILES string of the molecule is CCCCCCC(C)O[PH](=O)O.[Ni]. The molecular formula is C8H19NiO3P. The van der Waals surface area contributed by atoms with Crippen molar-refractivity contribution in [2.45, 2.75) is 52.1 Å².